The molecule has 2 aromatic rings. The van der Waals surface area contributed by atoms with Gasteiger partial charge in [-0.15, -0.1) is 0 Å². The lowest BCUT2D eigenvalue weighted by Gasteiger charge is -2.34. The largest absolute Gasteiger partial charge is 0.378 e. The summed E-state index contributed by atoms with van der Waals surface area (Å²) in [7, 11) is 0. The SMILES string of the molecule is CCNC(=O)CCSc1nc(C)cc(Cc2cccc3c2CCCC(C(N)OCC2(C)NC(C)(C)CC2C(N)=O)N3)n1. The predicted octanol–water partition coefficient (Wildman–Crippen LogP) is 3.04. The molecule has 3 heterocycles. The number of carbonyl (C=O) groups excluding carboxylic acids is 2. The number of nitrogens with zero attached hydrogens (tertiary/aromatic N) is 2. The second kappa shape index (κ2) is 13.7. The second-order valence-corrected chi connectivity index (χ2v) is 13.5. The number of ether oxygens (including phenoxy) is 1. The first-order valence-electron chi connectivity index (χ1n) is 15.0. The van der Waals surface area contributed by atoms with Gasteiger partial charge in [-0.25, -0.2) is 9.97 Å². The zero-order valence-electron chi connectivity index (χ0n) is 25.6. The maximum absolute atomic E-state index is 12.2. The Bertz CT molecular complexity index is 1270. The van der Waals surface area contributed by atoms with E-state index in [0.29, 0.717) is 43.3 Å². The van der Waals surface area contributed by atoms with E-state index in [4.69, 9.17) is 21.2 Å². The molecule has 2 amide bonds. The normalized spacial score (nSPS) is 23.9. The smallest absolute Gasteiger partial charge is 0.222 e. The number of anilines is 1. The number of hydrogen-bond donors (Lipinski definition) is 5. The number of thioether (sulfide) groups is 1. The van der Waals surface area contributed by atoms with E-state index in [1.54, 1.807) is 0 Å². The molecule has 1 saturated heterocycles. The number of carbonyl (C=O) groups is 2. The lowest BCUT2D eigenvalue weighted by atomic mass is 9.85. The maximum Gasteiger partial charge on any atom is 0.222 e. The molecule has 7 N–H and O–H groups in total. The fourth-order valence-electron chi connectivity index (χ4n) is 6.31. The zero-order chi connectivity index (χ0) is 30.5. The van der Waals surface area contributed by atoms with E-state index in [1.165, 1.54) is 22.9 Å². The summed E-state index contributed by atoms with van der Waals surface area (Å²) in [5.74, 6) is 0.0453. The maximum atomic E-state index is 12.2. The number of nitrogens with two attached hydrogens (primary N) is 2. The highest BCUT2D eigenvalue weighted by Crippen LogP contribution is 2.37. The average Bonchev–Trinajstić information content (AvgIpc) is 3.03. The number of amides is 2. The van der Waals surface area contributed by atoms with E-state index in [-0.39, 0.29) is 29.3 Å². The van der Waals surface area contributed by atoms with Gasteiger partial charge in [-0.2, -0.15) is 0 Å². The Labute approximate surface area is 253 Å². The van der Waals surface area contributed by atoms with Crippen LogP contribution in [0.2, 0.25) is 0 Å². The summed E-state index contributed by atoms with van der Waals surface area (Å²) >= 11 is 1.51. The van der Waals surface area contributed by atoms with E-state index in [9.17, 15) is 9.59 Å². The summed E-state index contributed by atoms with van der Waals surface area (Å²) in [4.78, 5) is 33.4. The van der Waals surface area contributed by atoms with Crippen molar-refractivity contribution in [2.45, 2.75) is 102 Å². The van der Waals surface area contributed by atoms with Gasteiger partial charge >= 0.3 is 0 Å². The third kappa shape index (κ3) is 8.21. The van der Waals surface area contributed by atoms with Gasteiger partial charge in [0.2, 0.25) is 11.8 Å². The number of rotatable bonds is 12. The van der Waals surface area contributed by atoms with Crippen molar-refractivity contribution < 1.29 is 14.3 Å². The van der Waals surface area contributed by atoms with E-state index in [1.807, 2.05) is 26.8 Å². The molecule has 230 valence electrons. The number of aryl methyl sites for hydroxylation is 1. The molecule has 4 atom stereocenters. The number of hydrogen-bond acceptors (Lipinski definition) is 9. The van der Waals surface area contributed by atoms with Crippen molar-refractivity contribution in [3.05, 3.63) is 46.8 Å². The summed E-state index contributed by atoms with van der Waals surface area (Å²) in [5, 5.41) is 10.7. The van der Waals surface area contributed by atoms with Gasteiger partial charge in [-0.3, -0.25) is 9.59 Å². The minimum Gasteiger partial charge on any atom is -0.378 e. The second-order valence-electron chi connectivity index (χ2n) is 12.5. The number of fused-ring (bicyclic) bond motifs is 1. The van der Waals surface area contributed by atoms with Crippen molar-refractivity contribution in [1.82, 2.24) is 20.6 Å². The standard InChI is InChI=1S/C31H47N7O3S/c1-6-34-26(39)13-14-42-29-35-19(2)15-21(36-29)16-20-9-7-11-24-22(20)10-8-12-25(37-24)28(33)41-18-31(5)23(27(32)40)17-30(3,4)38-31/h7,9,11,15,23,25,28,37-38H,6,8,10,12-14,16-18,33H2,1-5H3,(H2,32,40)(H,34,39). The Morgan fingerprint density at radius 1 is 1.26 bits per heavy atom. The predicted molar refractivity (Wildman–Crippen MR) is 167 cm³/mol. The van der Waals surface area contributed by atoms with Gasteiger partial charge in [0.25, 0.3) is 0 Å². The Hall–Kier alpha value is -2.73. The fraction of sp³-hybridized carbons (Fsp3) is 0.613. The van der Waals surface area contributed by atoms with Crippen LogP contribution in [0.4, 0.5) is 5.69 Å². The third-order valence-electron chi connectivity index (χ3n) is 8.17. The highest BCUT2D eigenvalue weighted by Gasteiger charge is 2.50. The first-order valence-corrected chi connectivity index (χ1v) is 15.9. The molecule has 0 aliphatic carbocycles. The Kier molecular flexibility index (Phi) is 10.5. The minimum atomic E-state index is -0.572. The Balaban J connectivity index is 1.41. The number of benzene rings is 1. The van der Waals surface area contributed by atoms with Crippen LogP contribution in [0.15, 0.2) is 29.4 Å². The van der Waals surface area contributed by atoms with E-state index in [2.05, 4.69) is 53.0 Å². The van der Waals surface area contributed by atoms with Crippen molar-refractivity contribution in [2.75, 3.05) is 24.2 Å². The Morgan fingerprint density at radius 2 is 2.05 bits per heavy atom. The summed E-state index contributed by atoms with van der Waals surface area (Å²) in [6, 6.07) is 8.29. The molecular formula is C31H47N7O3S. The number of aromatic nitrogens is 2. The molecule has 4 unspecified atom stereocenters. The summed E-state index contributed by atoms with van der Waals surface area (Å²) in [6.07, 6.45) is 4.01. The highest BCUT2D eigenvalue weighted by molar-refractivity contribution is 7.99. The van der Waals surface area contributed by atoms with Crippen LogP contribution >= 0.6 is 11.8 Å². The minimum absolute atomic E-state index is 0.0454. The van der Waals surface area contributed by atoms with E-state index < -0.39 is 11.8 Å². The monoisotopic (exact) mass is 597 g/mol. The molecule has 0 radical (unpaired) electrons. The van der Waals surface area contributed by atoms with Crippen LogP contribution in [-0.4, -0.2) is 64.0 Å². The van der Waals surface area contributed by atoms with Crippen LogP contribution in [-0.2, 0) is 27.2 Å². The molecule has 1 aromatic heterocycles. The number of nitrogens with one attached hydrogen (secondary N) is 3. The highest BCUT2D eigenvalue weighted by atomic mass is 32.2. The summed E-state index contributed by atoms with van der Waals surface area (Å²) in [5.41, 5.74) is 17.0. The van der Waals surface area contributed by atoms with Gasteiger partial charge in [-0.05, 0) is 83.6 Å². The molecule has 2 aliphatic heterocycles. The molecular weight excluding hydrogens is 550 g/mol. The van der Waals surface area contributed by atoms with Crippen molar-refractivity contribution in [1.29, 1.82) is 0 Å². The first-order chi connectivity index (χ1) is 19.9. The summed E-state index contributed by atoms with van der Waals surface area (Å²) in [6.45, 7) is 11.0. The van der Waals surface area contributed by atoms with Crippen molar-refractivity contribution in [3.8, 4) is 0 Å². The van der Waals surface area contributed by atoms with Gasteiger partial charge in [0.15, 0.2) is 5.16 Å². The quantitative estimate of drug-likeness (QED) is 0.141. The molecule has 0 saturated carbocycles. The van der Waals surface area contributed by atoms with Crippen molar-refractivity contribution >= 4 is 29.3 Å². The van der Waals surface area contributed by atoms with Crippen LogP contribution < -0.4 is 27.4 Å². The van der Waals surface area contributed by atoms with Crippen molar-refractivity contribution in [3.63, 3.8) is 0 Å². The van der Waals surface area contributed by atoms with Crippen LogP contribution in [0.3, 0.4) is 0 Å². The van der Waals surface area contributed by atoms with Crippen LogP contribution in [0.25, 0.3) is 0 Å². The molecule has 1 fully saturated rings. The van der Waals surface area contributed by atoms with E-state index in [0.717, 1.165) is 36.3 Å². The molecule has 0 bridgehead atoms. The lowest BCUT2D eigenvalue weighted by molar-refractivity contribution is -0.124. The molecule has 1 aromatic carbocycles. The molecule has 2 aliphatic rings. The van der Waals surface area contributed by atoms with Crippen LogP contribution in [0.1, 0.15) is 75.9 Å². The molecule has 4 rings (SSSR count). The topological polar surface area (TPSA) is 157 Å². The third-order valence-corrected chi connectivity index (χ3v) is 9.02. The van der Waals surface area contributed by atoms with Gasteiger partial charge < -0.3 is 32.2 Å². The molecule has 0 spiro atoms. The van der Waals surface area contributed by atoms with Crippen LogP contribution in [0.5, 0.6) is 0 Å². The van der Waals surface area contributed by atoms with Gasteiger partial charge in [-0.1, -0.05) is 23.9 Å². The van der Waals surface area contributed by atoms with E-state index >= 15 is 0 Å². The van der Waals surface area contributed by atoms with Gasteiger partial charge in [0, 0.05) is 47.8 Å². The molecule has 42 heavy (non-hydrogen) atoms. The van der Waals surface area contributed by atoms with Crippen LogP contribution in [0, 0.1) is 12.8 Å². The zero-order valence-corrected chi connectivity index (χ0v) is 26.4. The van der Waals surface area contributed by atoms with Gasteiger partial charge in [0.1, 0.15) is 6.23 Å². The first kappa shape index (κ1) is 32.2. The van der Waals surface area contributed by atoms with Crippen molar-refractivity contribution in [2.24, 2.45) is 17.4 Å². The average molecular weight is 598 g/mol. The Morgan fingerprint density at radius 3 is 2.79 bits per heavy atom. The molecule has 11 heteroatoms. The fourth-order valence-corrected chi connectivity index (χ4v) is 7.17. The number of primary amides is 1. The summed E-state index contributed by atoms with van der Waals surface area (Å²) < 4.78 is 6.23. The lowest BCUT2D eigenvalue weighted by Crippen LogP contribution is -2.55. The van der Waals surface area contributed by atoms with Gasteiger partial charge in [0.05, 0.1) is 24.1 Å². The molecule has 10 nitrogen and oxygen atoms in total.